The number of carboxylic acids is 1. The summed E-state index contributed by atoms with van der Waals surface area (Å²) < 4.78 is 28.6. The van der Waals surface area contributed by atoms with Crippen molar-refractivity contribution in [2.24, 2.45) is 7.05 Å². The summed E-state index contributed by atoms with van der Waals surface area (Å²) in [7, 11) is -2.47. The molecule has 112 valence electrons. The molecule has 0 bridgehead atoms. The van der Waals surface area contributed by atoms with Crippen LogP contribution in [0.2, 0.25) is 0 Å². The summed E-state index contributed by atoms with van der Waals surface area (Å²) in [5, 5.41) is 12.8. The maximum absolute atomic E-state index is 12.4. The highest BCUT2D eigenvalue weighted by Gasteiger charge is 2.23. The molecule has 2 rings (SSSR count). The standard InChI is InChI=1S/C11H11BrN4O4S/c1-6-3-7(10(17)18)4-8(9(6)12)21(19,20)15-11-13-5-14-16(11)2/h3-5H,1-2H3,(H,17,18)(H,13,14,15). The van der Waals surface area contributed by atoms with Gasteiger partial charge in [0, 0.05) is 11.5 Å². The number of anilines is 1. The maximum Gasteiger partial charge on any atom is 0.335 e. The van der Waals surface area contributed by atoms with Crippen molar-refractivity contribution in [3.8, 4) is 0 Å². The van der Waals surface area contributed by atoms with E-state index in [0.29, 0.717) is 10.0 Å². The highest BCUT2D eigenvalue weighted by molar-refractivity contribution is 9.10. The summed E-state index contributed by atoms with van der Waals surface area (Å²) in [4.78, 5) is 14.6. The first-order valence-corrected chi connectivity index (χ1v) is 7.90. The van der Waals surface area contributed by atoms with Gasteiger partial charge in [-0.15, -0.1) is 0 Å². The molecular formula is C11H11BrN4O4S. The van der Waals surface area contributed by atoms with E-state index in [1.807, 2.05) is 0 Å². The van der Waals surface area contributed by atoms with Crippen LogP contribution in [0.3, 0.4) is 0 Å². The Morgan fingerprint density at radius 3 is 2.62 bits per heavy atom. The lowest BCUT2D eigenvalue weighted by atomic mass is 10.1. The molecule has 0 saturated carbocycles. The number of aryl methyl sites for hydroxylation is 2. The van der Waals surface area contributed by atoms with Crippen molar-refractivity contribution in [3.05, 3.63) is 34.1 Å². The van der Waals surface area contributed by atoms with E-state index in [0.717, 1.165) is 6.07 Å². The van der Waals surface area contributed by atoms with Crippen LogP contribution in [0.25, 0.3) is 0 Å². The fraction of sp³-hybridized carbons (Fsp3) is 0.182. The number of aromatic nitrogens is 3. The molecule has 0 spiro atoms. The van der Waals surface area contributed by atoms with Crippen LogP contribution in [0.5, 0.6) is 0 Å². The zero-order chi connectivity index (χ0) is 15.8. The Labute approximate surface area is 129 Å². The lowest BCUT2D eigenvalue weighted by Crippen LogP contribution is -2.17. The van der Waals surface area contributed by atoms with Crippen molar-refractivity contribution in [1.82, 2.24) is 14.8 Å². The lowest BCUT2D eigenvalue weighted by Gasteiger charge is -2.11. The highest BCUT2D eigenvalue weighted by Crippen LogP contribution is 2.28. The Bertz CT molecular complexity index is 816. The molecule has 0 atom stereocenters. The molecule has 2 N–H and O–H groups in total. The van der Waals surface area contributed by atoms with Crippen molar-refractivity contribution >= 4 is 37.9 Å². The quantitative estimate of drug-likeness (QED) is 0.835. The summed E-state index contributed by atoms with van der Waals surface area (Å²) in [5.41, 5.74) is 0.377. The van der Waals surface area contributed by atoms with Gasteiger partial charge in [-0.2, -0.15) is 10.1 Å². The summed E-state index contributed by atoms with van der Waals surface area (Å²) in [6, 6.07) is 2.46. The van der Waals surface area contributed by atoms with Gasteiger partial charge in [-0.3, -0.25) is 0 Å². The van der Waals surface area contributed by atoms with Gasteiger partial charge in [0.05, 0.1) is 5.56 Å². The molecule has 0 radical (unpaired) electrons. The second-order valence-electron chi connectivity index (χ2n) is 4.22. The molecule has 0 fully saturated rings. The Kier molecular flexibility index (Phi) is 4.01. The first-order valence-electron chi connectivity index (χ1n) is 5.62. The third-order valence-electron chi connectivity index (χ3n) is 2.69. The number of hydrogen-bond acceptors (Lipinski definition) is 5. The molecule has 0 amide bonds. The van der Waals surface area contributed by atoms with Crippen molar-refractivity contribution in [1.29, 1.82) is 0 Å². The van der Waals surface area contributed by atoms with Crippen LogP contribution in [0.1, 0.15) is 15.9 Å². The lowest BCUT2D eigenvalue weighted by molar-refractivity contribution is 0.0696. The predicted molar refractivity (Wildman–Crippen MR) is 77.6 cm³/mol. The number of carbonyl (C=O) groups is 1. The summed E-state index contributed by atoms with van der Waals surface area (Å²) in [5.74, 6) is -1.18. The van der Waals surface area contributed by atoms with Gasteiger partial charge in [-0.1, -0.05) is 0 Å². The molecule has 0 unspecified atom stereocenters. The predicted octanol–water partition coefficient (Wildman–Crippen LogP) is 1.39. The van der Waals surface area contributed by atoms with E-state index < -0.39 is 16.0 Å². The van der Waals surface area contributed by atoms with Gasteiger partial charge in [0.2, 0.25) is 5.95 Å². The third-order valence-corrected chi connectivity index (χ3v) is 5.36. The van der Waals surface area contributed by atoms with E-state index in [2.05, 4.69) is 30.7 Å². The Morgan fingerprint density at radius 2 is 2.10 bits per heavy atom. The summed E-state index contributed by atoms with van der Waals surface area (Å²) in [6.07, 6.45) is 1.20. The van der Waals surface area contributed by atoms with E-state index in [1.54, 1.807) is 6.92 Å². The molecular weight excluding hydrogens is 364 g/mol. The van der Waals surface area contributed by atoms with Crippen molar-refractivity contribution in [3.63, 3.8) is 0 Å². The smallest absolute Gasteiger partial charge is 0.335 e. The first kappa shape index (κ1) is 15.4. The second kappa shape index (κ2) is 5.45. The van der Waals surface area contributed by atoms with Crippen LogP contribution < -0.4 is 4.72 Å². The fourth-order valence-electron chi connectivity index (χ4n) is 1.62. The van der Waals surface area contributed by atoms with E-state index in [-0.39, 0.29) is 16.4 Å². The Morgan fingerprint density at radius 1 is 1.43 bits per heavy atom. The zero-order valence-electron chi connectivity index (χ0n) is 11.0. The van der Waals surface area contributed by atoms with Crippen LogP contribution in [0, 0.1) is 6.92 Å². The van der Waals surface area contributed by atoms with Crippen LogP contribution in [-0.4, -0.2) is 34.3 Å². The minimum Gasteiger partial charge on any atom is -0.478 e. The summed E-state index contributed by atoms with van der Waals surface area (Å²) >= 11 is 3.17. The van der Waals surface area contributed by atoms with Crippen LogP contribution in [0.15, 0.2) is 27.8 Å². The zero-order valence-corrected chi connectivity index (χ0v) is 13.4. The van der Waals surface area contributed by atoms with Gasteiger partial charge in [-0.25, -0.2) is 22.6 Å². The SMILES string of the molecule is Cc1cc(C(=O)O)cc(S(=O)(=O)Nc2ncnn2C)c1Br. The average molecular weight is 375 g/mol. The van der Waals surface area contributed by atoms with Gasteiger partial charge in [0.25, 0.3) is 10.0 Å². The van der Waals surface area contributed by atoms with E-state index in [9.17, 15) is 13.2 Å². The number of benzene rings is 1. The van der Waals surface area contributed by atoms with Crippen molar-refractivity contribution in [2.45, 2.75) is 11.8 Å². The monoisotopic (exact) mass is 374 g/mol. The number of sulfonamides is 1. The molecule has 0 aliphatic carbocycles. The highest BCUT2D eigenvalue weighted by atomic mass is 79.9. The molecule has 21 heavy (non-hydrogen) atoms. The molecule has 0 aliphatic rings. The van der Waals surface area contributed by atoms with E-state index in [4.69, 9.17) is 5.11 Å². The number of aromatic carboxylic acids is 1. The van der Waals surface area contributed by atoms with E-state index >= 15 is 0 Å². The molecule has 8 nitrogen and oxygen atoms in total. The van der Waals surface area contributed by atoms with Gasteiger partial charge >= 0.3 is 5.97 Å². The number of halogens is 1. The molecule has 0 aliphatic heterocycles. The van der Waals surface area contributed by atoms with Gasteiger partial charge in [0.1, 0.15) is 11.2 Å². The third kappa shape index (κ3) is 3.05. The second-order valence-corrected chi connectivity index (χ2v) is 6.67. The number of nitrogens with zero attached hydrogens (tertiary/aromatic N) is 3. The molecule has 10 heteroatoms. The average Bonchev–Trinajstić information content (AvgIpc) is 2.77. The number of hydrogen-bond donors (Lipinski definition) is 2. The number of rotatable bonds is 4. The first-order chi connectivity index (χ1) is 9.72. The van der Waals surface area contributed by atoms with Crippen LogP contribution in [-0.2, 0) is 17.1 Å². The van der Waals surface area contributed by atoms with E-state index in [1.165, 1.54) is 24.1 Å². The molecule has 1 aromatic carbocycles. The normalized spacial score (nSPS) is 11.4. The fourth-order valence-corrected chi connectivity index (χ4v) is 3.70. The van der Waals surface area contributed by atoms with Crippen LogP contribution >= 0.6 is 15.9 Å². The largest absolute Gasteiger partial charge is 0.478 e. The number of nitrogens with one attached hydrogen (secondary N) is 1. The molecule has 1 heterocycles. The molecule has 2 aromatic rings. The van der Waals surface area contributed by atoms with Crippen molar-refractivity contribution < 1.29 is 18.3 Å². The molecule has 1 aromatic heterocycles. The summed E-state index contributed by atoms with van der Waals surface area (Å²) in [6.45, 7) is 1.61. The minimum atomic E-state index is -4.00. The maximum atomic E-state index is 12.4. The Balaban J connectivity index is 2.54. The van der Waals surface area contributed by atoms with Gasteiger partial charge in [0.15, 0.2) is 0 Å². The van der Waals surface area contributed by atoms with Crippen molar-refractivity contribution in [2.75, 3.05) is 4.72 Å². The van der Waals surface area contributed by atoms with Gasteiger partial charge < -0.3 is 5.11 Å². The Hall–Kier alpha value is -1.94. The van der Waals surface area contributed by atoms with Crippen LogP contribution in [0.4, 0.5) is 5.95 Å². The molecule has 0 saturated heterocycles. The van der Waals surface area contributed by atoms with Gasteiger partial charge in [-0.05, 0) is 40.5 Å². The number of carboxylic acid groups (broad SMARTS) is 1. The topological polar surface area (TPSA) is 114 Å². The minimum absolute atomic E-state index is 0.0280.